The molecular weight excluding hydrogens is 256 g/mol. The Morgan fingerprint density at radius 2 is 1.72 bits per heavy atom. The molecule has 4 heteroatoms. The lowest BCUT2D eigenvalue weighted by Gasteiger charge is -2.13. The highest BCUT2D eigenvalue weighted by molar-refractivity contribution is 6.30. The molecule has 0 saturated heterocycles. The third kappa shape index (κ3) is 3.06. The number of nitrogens with two attached hydrogens (primary N) is 1. The first kappa shape index (κ1) is 13.0. The first-order valence-electron chi connectivity index (χ1n) is 5.51. The molecule has 94 valence electrons. The quantitative estimate of drug-likeness (QED) is 0.898. The molecule has 2 N–H and O–H groups in total. The molecular formula is C14H12ClF2N. The van der Waals surface area contributed by atoms with Crippen molar-refractivity contribution in [2.75, 3.05) is 0 Å². The van der Waals surface area contributed by atoms with E-state index in [9.17, 15) is 8.78 Å². The van der Waals surface area contributed by atoms with Gasteiger partial charge in [-0.15, -0.1) is 0 Å². The fourth-order valence-corrected chi connectivity index (χ4v) is 1.91. The Bertz CT molecular complexity index is 540. The SMILES string of the molecule is NC(Cc1ccc(Cl)cc1)c1ccc(F)cc1F. The van der Waals surface area contributed by atoms with Crippen LogP contribution in [0.4, 0.5) is 8.78 Å². The van der Waals surface area contributed by atoms with Crippen molar-refractivity contribution in [3.8, 4) is 0 Å². The van der Waals surface area contributed by atoms with Gasteiger partial charge in [0.2, 0.25) is 0 Å². The summed E-state index contributed by atoms with van der Waals surface area (Å²) in [7, 11) is 0. The van der Waals surface area contributed by atoms with Crippen LogP contribution in [0.3, 0.4) is 0 Å². The third-order valence-corrected chi connectivity index (χ3v) is 2.98. The summed E-state index contributed by atoms with van der Waals surface area (Å²) in [4.78, 5) is 0. The van der Waals surface area contributed by atoms with Gasteiger partial charge in [0.05, 0.1) is 0 Å². The smallest absolute Gasteiger partial charge is 0.130 e. The molecule has 18 heavy (non-hydrogen) atoms. The summed E-state index contributed by atoms with van der Waals surface area (Å²) in [5.41, 5.74) is 7.19. The first-order valence-corrected chi connectivity index (χ1v) is 5.89. The molecule has 0 aromatic heterocycles. The summed E-state index contributed by atoms with van der Waals surface area (Å²) >= 11 is 5.77. The van der Waals surface area contributed by atoms with Crippen molar-refractivity contribution in [2.24, 2.45) is 5.73 Å². The van der Waals surface area contributed by atoms with Crippen molar-refractivity contribution in [3.05, 3.63) is 70.2 Å². The Balaban J connectivity index is 2.16. The van der Waals surface area contributed by atoms with Crippen molar-refractivity contribution in [1.82, 2.24) is 0 Å². The summed E-state index contributed by atoms with van der Waals surface area (Å²) in [6.07, 6.45) is 0.472. The Hall–Kier alpha value is -1.45. The average molecular weight is 268 g/mol. The van der Waals surface area contributed by atoms with E-state index in [4.69, 9.17) is 17.3 Å². The van der Waals surface area contributed by atoms with E-state index in [0.29, 0.717) is 17.0 Å². The van der Waals surface area contributed by atoms with Crippen molar-refractivity contribution in [3.63, 3.8) is 0 Å². The van der Waals surface area contributed by atoms with Gasteiger partial charge < -0.3 is 5.73 Å². The lowest BCUT2D eigenvalue weighted by molar-refractivity contribution is 0.554. The van der Waals surface area contributed by atoms with Crippen molar-refractivity contribution >= 4 is 11.6 Å². The van der Waals surface area contributed by atoms with Crippen LogP contribution in [0.2, 0.25) is 5.02 Å². The van der Waals surface area contributed by atoms with Gasteiger partial charge in [-0.1, -0.05) is 29.8 Å². The molecule has 0 bridgehead atoms. The molecule has 1 nitrogen and oxygen atoms in total. The number of benzene rings is 2. The van der Waals surface area contributed by atoms with Gasteiger partial charge in [0, 0.05) is 22.7 Å². The van der Waals surface area contributed by atoms with Crippen LogP contribution in [-0.4, -0.2) is 0 Å². The molecule has 0 saturated carbocycles. The largest absolute Gasteiger partial charge is 0.324 e. The molecule has 0 aliphatic heterocycles. The molecule has 0 fully saturated rings. The fourth-order valence-electron chi connectivity index (χ4n) is 1.79. The fraction of sp³-hybridized carbons (Fsp3) is 0.143. The normalized spacial score (nSPS) is 12.4. The van der Waals surface area contributed by atoms with E-state index in [1.54, 1.807) is 12.1 Å². The van der Waals surface area contributed by atoms with Crippen LogP contribution >= 0.6 is 11.6 Å². The van der Waals surface area contributed by atoms with Crippen LogP contribution in [0.5, 0.6) is 0 Å². The Morgan fingerprint density at radius 3 is 2.33 bits per heavy atom. The second kappa shape index (κ2) is 5.46. The van der Waals surface area contributed by atoms with Gasteiger partial charge in [-0.05, 0) is 30.2 Å². The third-order valence-electron chi connectivity index (χ3n) is 2.73. The Kier molecular flexibility index (Phi) is 3.94. The zero-order valence-corrected chi connectivity index (χ0v) is 10.3. The van der Waals surface area contributed by atoms with Crippen LogP contribution in [0.15, 0.2) is 42.5 Å². The minimum Gasteiger partial charge on any atom is -0.324 e. The van der Waals surface area contributed by atoms with E-state index < -0.39 is 17.7 Å². The topological polar surface area (TPSA) is 26.0 Å². The Morgan fingerprint density at radius 1 is 1.06 bits per heavy atom. The molecule has 2 rings (SSSR count). The van der Waals surface area contributed by atoms with Crippen LogP contribution in [0.25, 0.3) is 0 Å². The summed E-state index contributed by atoms with van der Waals surface area (Å²) < 4.78 is 26.3. The molecule has 0 heterocycles. The lowest BCUT2D eigenvalue weighted by atomic mass is 9.99. The summed E-state index contributed by atoms with van der Waals surface area (Å²) in [5.74, 6) is -1.22. The van der Waals surface area contributed by atoms with Gasteiger partial charge in [0.1, 0.15) is 11.6 Å². The molecule has 0 aliphatic rings. The van der Waals surface area contributed by atoms with Crippen LogP contribution in [0, 0.1) is 11.6 Å². The number of halogens is 3. The average Bonchev–Trinajstić information content (AvgIpc) is 2.32. The van der Waals surface area contributed by atoms with Crippen molar-refractivity contribution in [2.45, 2.75) is 12.5 Å². The van der Waals surface area contributed by atoms with Gasteiger partial charge in [0.15, 0.2) is 0 Å². The number of hydrogen-bond donors (Lipinski definition) is 1. The summed E-state index contributed by atoms with van der Waals surface area (Å²) in [5, 5.41) is 0.639. The minimum atomic E-state index is -0.614. The highest BCUT2D eigenvalue weighted by Gasteiger charge is 2.12. The molecule has 0 aliphatic carbocycles. The zero-order chi connectivity index (χ0) is 13.1. The van der Waals surface area contributed by atoms with Gasteiger partial charge in [-0.3, -0.25) is 0 Å². The highest BCUT2D eigenvalue weighted by Crippen LogP contribution is 2.20. The molecule has 1 atom stereocenters. The van der Waals surface area contributed by atoms with E-state index >= 15 is 0 Å². The van der Waals surface area contributed by atoms with Gasteiger partial charge in [-0.2, -0.15) is 0 Å². The summed E-state index contributed by atoms with van der Waals surface area (Å²) in [6.45, 7) is 0. The summed E-state index contributed by atoms with van der Waals surface area (Å²) in [6, 6.07) is 10.1. The maximum Gasteiger partial charge on any atom is 0.130 e. The maximum atomic E-state index is 13.5. The van der Waals surface area contributed by atoms with E-state index in [-0.39, 0.29) is 0 Å². The number of rotatable bonds is 3. The van der Waals surface area contributed by atoms with E-state index in [2.05, 4.69) is 0 Å². The molecule has 0 radical (unpaired) electrons. The van der Waals surface area contributed by atoms with E-state index in [1.165, 1.54) is 12.1 Å². The molecule has 0 amide bonds. The first-order chi connectivity index (χ1) is 8.56. The lowest BCUT2D eigenvalue weighted by Crippen LogP contribution is -2.15. The zero-order valence-electron chi connectivity index (χ0n) is 9.54. The van der Waals surface area contributed by atoms with Gasteiger partial charge in [0.25, 0.3) is 0 Å². The predicted octanol–water partition coefficient (Wildman–Crippen LogP) is 3.86. The second-order valence-electron chi connectivity index (χ2n) is 4.10. The monoisotopic (exact) mass is 267 g/mol. The Labute approximate surface area is 109 Å². The van der Waals surface area contributed by atoms with Gasteiger partial charge in [-0.25, -0.2) is 8.78 Å². The molecule has 1 unspecified atom stereocenters. The van der Waals surface area contributed by atoms with Crippen LogP contribution in [-0.2, 0) is 6.42 Å². The molecule has 0 spiro atoms. The predicted molar refractivity (Wildman–Crippen MR) is 68.4 cm³/mol. The molecule has 2 aromatic carbocycles. The van der Waals surface area contributed by atoms with Crippen LogP contribution < -0.4 is 5.73 Å². The van der Waals surface area contributed by atoms with E-state index in [1.807, 2.05) is 12.1 Å². The van der Waals surface area contributed by atoms with Crippen LogP contribution in [0.1, 0.15) is 17.2 Å². The number of hydrogen-bond acceptors (Lipinski definition) is 1. The van der Waals surface area contributed by atoms with E-state index in [0.717, 1.165) is 11.6 Å². The molecule has 2 aromatic rings. The van der Waals surface area contributed by atoms with Crippen molar-refractivity contribution < 1.29 is 8.78 Å². The second-order valence-corrected chi connectivity index (χ2v) is 4.54. The standard InChI is InChI=1S/C14H12ClF2N/c15-10-3-1-9(2-4-10)7-14(18)12-6-5-11(16)8-13(12)17/h1-6,8,14H,7,18H2. The highest BCUT2D eigenvalue weighted by atomic mass is 35.5. The van der Waals surface area contributed by atoms with Gasteiger partial charge >= 0.3 is 0 Å². The maximum absolute atomic E-state index is 13.5. The minimum absolute atomic E-state index is 0.311. The van der Waals surface area contributed by atoms with Crippen molar-refractivity contribution in [1.29, 1.82) is 0 Å².